The maximum absolute atomic E-state index is 6.15. The lowest BCUT2D eigenvalue weighted by molar-refractivity contribution is 0.813. The van der Waals surface area contributed by atoms with Gasteiger partial charge in [0, 0.05) is 16.3 Å². The summed E-state index contributed by atoms with van der Waals surface area (Å²) in [6.45, 7) is 0. The minimum absolute atomic E-state index is 0.518. The summed E-state index contributed by atoms with van der Waals surface area (Å²) in [7, 11) is 0. The van der Waals surface area contributed by atoms with E-state index in [9.17, 15) is 0 Å². The Balaban J connectivity index is 2.17. The van der Waals surface area contributed by atoms with Crippen LogP contribution >= 0.6 is 50.9 Å². The fraction of sp³-hybridized carbons (Fsp3) is 0.400. The molecule has 2 rings (SSSR count). The Kier molecular flexibility index (Phi) is 4.10. The van der Waals surface area contributed by atoms with Gasteiger partial charge in [-0.2, -0.15) is 11.8 Å². The highest BCUT2D eigenvalue weighted by Gasteiger charge is 2.17. The second-order valence-electron chi connectivity index (χ2n) is 3.43. The Morgan fingerprint density at radius 2 is 2.13 bits per heavy atom. The zero-order chi connectivity index (χ0) is 10.8. The van der Waals surface area contributed by atoms with Crippen LogP contribution in [0.4, 0.5) is 5.69 Å². The van der Waals surface area contributed by atoms with Crippen LogP contribution in [0.2, 0.25) is 10.0 Å². The molecule has 0 bridgehead atoms. The summed E-state index contributed by atoms with van der Waals surface area (Å²) in [6.07, 6.45) is 1.19. The first kappa shape index (κ1) is 11.9. The van der Waals surface area contributed by atoms with Crippen molar-refractivity contribution in [2.45, 2.75) is 12.5 Å². The second kappa shape index (κ2) is 5.17. The summed E-state index contributed by atoms with van der Waals surface area (Å²) in [5.74, 6) is 2.36. The molecule has 0 radical (unpaired) electrons. The zero-order valence-corrected chi connectivity index (χ0v) is 11.8. The normalized spacial score (nSPS) is 20.6. The van der Waals surface area contributed by atoms with Crippen LogP contribution in [0.1, 0.15) is 6.42 Å². The largest absolute Gasteiger partial charge is 0.380 e. The number of benzene rings is 1. The highest BCUT2D eigenvalue weighted by molar-refractivity contribution is 9.10. The van der Waals surface area contributed by atoms with Gasteiger partial charge >= 0.3 is 0 Å². The monoisotopic (exact) mass is 325 g/mol. The molecule has 0 saturated carbocycles. The molecule has 5 heteroatoms. The average Bonchev–Trinajstić information content (AvgIpc) is 2.72. The van der Waals surface area contributed by atoms with Crippen molar-refractivity contribution in [3.63, 3.8) is 0 Å². The van der Waals surface area contributed by atoms with Gasteiger partial charge in [-0.15, -0.1) is 0 Å². The second-order valence-corrected chi connectivity index (χ2v) is 6.19. The van der Waals surface area contributed by atoms with E-state index in [2.05, 4.69) is 21.2 Å². The summed E-state index contributed by atoms with van der Waals surface area (Å²) in [5, 5.41) is 4.60. The van der Waals surface area contributed by atoms with Crippen molar-refractivity contribution in [1.82, 2.24) is 0 Å². The molecule has 1 saturated heterocycles. The van der Waals surface area contributed by atoms with Crippen LogP contribution in [0.25, 0.3) is 0 Å². The van der Waals surface area contributed by atoms with Gasteiger partial charge in [0.2, 0.25) is 0 Å². The van der Waals surface area contributed by atoms with E-state index in [1.165, 1.54) is 12.2 Å². The minimum Gasteiger partial charge on any atom is -0.380 e. The molecule has 0 amide bonds. The Morgan fingerprint density at radius 3 is 2.80 bits per heavy atom. The molecule has 0 aliphatic carbocycles. The Labute approximate surface area is 112 Å². The van der Waals surface area contributed by atoms with E-state index in [1.54, 1.807) is 0 Å². The molecule has 1 fully saturated rings. The first-order valence-electron chi connectivity index (χ1n) is 4.66. The Hall–Kier alpha value is 0.430. The predicted octanol–water partition coefficient (Wildman–Crippen LogP) is 4.67. The smallest absolute Gasteiger partial charge is 0.0835 e. The first-order chi connectivity index (χ1) is 7.18. The van der Waals surface area contributed by atoms with Gasteiger partial charge in [0.25, 0.3) is 0 Å². The number of halogens is 3. The number of hydrogen-bond donors (Lipinski definition) is 1. The van der Waals surface area contributed by atoms with Gasteiger partial charge < -0.3 is 5.32 Å². The van der Waals surface area contributed by atoms with E-state index < -0.39 is 0 Å². The number of anilines is 1. The fourth-order valence-corrected chi connectivity index (χ4v) is 3.49. The molecule has 1 aliphatic rings. The molecule has 1 unspecified atom stereocenters. The maximum Gasteiger partial charge on any atom is 0.0835 e. The van der Waals surface area contributed by atoms with Crippen LogP contribution < -0.4 is 5.32 Å². The van der Waals surface area contributed by atoms with Crippen LogP contribution in [0.3, 0.4) is 0 Å². The van der Waals surface area contributed by atoms with Gasteiger partial charge in [-0.25, -0.2) is 0 Å². The highest BCUT2D eigenvalue weighted by atomic mass is 79.9. The summed E-state index contributed by atoms with van der Waals surface area (Å²) in [6, 6.07) is 4.39. The van der Waals surface area contributed by atoms with Crippen LogP contribution in [-0.2, 0) is 0 Å². The molecule has 15 heavy (non-hydrogen) atoms. The molecule has 1 aliphatic heterocycles. The molecule has 1 aromatic carbocycles. The van der Waals surface area contributed by atoms with E-state index in [-0.39, 0.29) is 0 Å². The van der Waals surface area contributed by atoms with Crippen LogP contribution in [-0.4, -0.2) is 17.5 Å². The molecular weight excluding hydrogens is 317 g/mol. The predicted molar refractivity (Wildman–Crippen MR) is 73.5 cm³/mol. The van der Waals surface area contributed by atoms with E-state index in [0.29, 0.717) is 16.1 Å². The van der Waals surface area contributed by atoms with Crippen molar-refractivity contribution in [3.8, 4) is 0 Å². The third kappa shape index (κ3) is 2.76. The van der Waals surface area contributed by atoms with Crippen molar-refractivity contribution in [2.75, 3.05) is 16.8 Å². The van der Waals surface area contributed by atoms with Crippen molar-refractivity contribution in [2.24, 2.45) is 0 Å². The van der Waals surface area contributed by atoms with E-state index in [1.807, 2.05) is 23.9 Å². The topological polar surface area (TPSA) is 12.0 Å². The van der Waals surface area contributed by atoms with Gasteiger partial charge in [0.1, 0.15) is 0 Å². The number of rotatable bonds is 2. The Morgan fingerprint density at radius 1 is 1.33 bits per heavy atom. The maximum atomic E-state index is 6.15. The molecule has 1 nitrogen and oxygen atoms in total. The SMILES string of the molecule is Clc1c(Br)ccc(NC2CCSC2)c1Cl. The summed E-state index contributed by atoms with van der Waals surface area (Å²) < 4.78 is 0.834. The molecule has 1 aromatic rings. The van der Waals surface area contributed by atoms with E-state index >= 15 is 0 Å². The quantitative estimate of drug-likeness (QED) is 0.792. The van der Waals surface area contributed by atoms with Gasteiger partial charge in [-0.3, -0.25) is 0 Å². The lowest BCUT2D eigenvalue weighted by atomic mass is 10.2. The standard InChI is InChI=1S/C10H10BrCl2NS/c11-7-1-2-8(10(13)9(7)12)14-6-3-4-15-5-6/h1-2,6,14H,3-5H2. The van der Waals surface area contributed by atoms with Crippen molar-refractivity contribution in [1.29, 1.82) is 0 Å². The molecule has 82 valence electrons. The van der Waals surface area contributed by atoms with E-state index in [0.717, 1.165) is 15.9 Å². The molecule has 0 spiro atoms. The van der Waals surface area contributed by atoms with Crippen LogP contribution in [0.15, 0.2) is 16.6 Å². The van der Waals surface area contributed by atoms with Crippen molar-refractivity contribution < 1.29 is 0 Å². The van der Waals surface area contributed by atoms with Crippen molar-refractivity contribution >= 4 is 56.6 Å². The fourth-order valence-electron chi connectivity index (χ4n) is 1.51. The first-order valence-corrected chi connectivity index (χ1v) is 7.36. The number of hydrogen-bond acceptors (Lipinski definition) is 2. The number of thioether (sulfide) groups is 1. The van der Waals surface area contributed by atoms with Crippen molar-refractivity contribution in [3.05, 3.63) is 26.7 Å². The molecule has 1 atom stereocenters. The average molecular weight is 327 g/mol. The van der Waals surface area contributed by atoms with Gasteiger partial charge in [0.05, 0.1) is 15.7 Å². The molecular formula is C10H10BrCl2NS. The minimum atomic E-state index is 0.518. The van der Waals surface area contributed by atoms with Crippen LogP contribution in [0, 0.1) is 0 Å². The van der Waals surface area contributed by atoms with E-state index in [4.69, 9.17) is 23.2 Å². The van der Waals surface area contributed by atoms with Crippen LogP contribution in [0.5, 0.6) is 0 Å². The summed E-state index contributed by atoms with van der Waals surface area (Å²) >= 11 is 17.5. The van der Waals surface area contributed by atoms with Gasteiger partial charge in [-0.05, 0) is 40.2 Å². The highest BCUT2D eigenvalue weighted by Crippen LogP contribution is 2.36. The lowest BCUT2D eigenvalue weighted by Gasteiger charge is -2.15. The summed E-state index contributed by atoms with van der Waals surface area (Å²) in [4.78, 5) is 0. The Bertz CT molecular complexity index is 367. The van der Waals surface area contributed by atoms with Gasteiger partial charge in [-0.1, -0.05) is 23.2 Å². The molecule has 0 aromatic heterocycles. The third-order valence-corrected chi connectivity index (χ3v) is 5.26. The lowest BCUT2D eigenvalue weighted by Crippen LogP contribution is -2.18. The zero-order valence-electron chi connectivity index (χ0n) is 7.90. The summed E-state index contributed by atoms with van der Waals surface area (Å²) in [5.41, 5.74) is 0.928. The third-order valence-electron chi connectivity index (χ3n) is 2.32. The van der Waals surface area contributed by atoms with Gasteiger partial charge in [0.15, 0.2) is 0 Å². The molecule has 1 heterocycles. The molecule has 1 N–H and O–H groups in total. The number of nitrogens with one attached hydrogen (secondary N) is 1.